The average molecular weight is 1270 g/mol. The highest BCUT2D eigenvalue weighted by Gasteiger charge is 2.44. The van der Waals surface area contributed by atoms with E-state index in [9.17, 15) is 0 Å². The van der Waals surface area contributed by atoms with Gasteiger partial charge in [0.05, 0.1) is 45.3 Å². The molecule has 0 unspecified atom stereocenters. The molecule has 0 radical (unpaired) electrons. The van der Waals surface area contributed by atoms with Crippen LogP contribution in [-0.2, 0) is 49.4 Å². The van der Waals surface area contributed by atoms with Crippen LogP contribution in [-0.4, -0.2) is 29.9 Å². The lowest BCUT2D eigenvalue weighted by Crippen LogP contribution is -2.25. The van der Waals surface area contributed by atoms with Crippen LogP contribution in [0.2, 0.25) is 0 Å². The summed E-state index contributed by atoms with van der Waals surface area (Å²) < 4.78 is 0. The predicted molar refractivity (Wildman–Crippen MR) is 403 cm³/mol. The molecule has 0 saturated carbocycles. The Kier molecular flexibility index (Phi) is 28.5. The summed E-state index contributed by atoms with van der Waals surface area (Å²) in [5.41, 5.74) is 24.2. The van der Waals surface area contributed by atoms with Gasteiger partial charge in [-0.1, -0.05) is 335 Å². The smallest absolute Gasteiger partial charge is 0.163 e. The van der Waals surface area contributed by atoms with Gasteiger partial charge in [-0.25, -0.2) is 29.9 Å². The zero-order valence-corrected chi connectivity index (χ0v) is 61.1. The third kappa shape index (κ3) is 16.9. The van der Waals surface area contributed by atoms with Crippen LogP contribution >= 0.6 is 0 Å². The Hall–Kier alpha value is -5.88. The molecule has 9 rings (SSSR count). The first-order chi connectivity index (χ1) is 46.2. The van der Waals surface area contributed by atoms with Gasteiger partial charge in [-0.15, -0.1) is 0 Å². The highest BCUT2D eigenvalue weighted by Crippen LogP contribution is 2.57. The van der Waals surface area contributed by atoms with Gasteiger partial charge in [-0.2, -0.15) is 0 Å². The van der Waals surface area contributed by atoms with E-state index in [0.717, 1.165) is 145 Å². The molecule has 0 amide bonds. The van der Waals surface area contributed by atoms with Gasteiger partial charge >= 0.3 is 0 Å². The summed E-state index contributed by atoms with van der Waals surface area (Å²) in [5.74, 6) is 2.43. The standard InChI is InChI=1S/C88H124N6/c1-11-21-25-29-33-41-59-87(60-42-34-30-26-22-12-2)71-53-39-37-51-67(71)69-57-55-65(63-73(69)87)81-75(45-15-5)91-85(92-76(81)46-16-6)83-79(49-19-9)93-86(94-80(83)50-20-10)82-77(47-17-7)89-84(90-78(82)48-18-8)66-56-58-70-68-52-38-40-54-72(68)88(74(70)64-66,61-43-35-31-27-23-13-3)62-44-36-32-28-24-14-4/h37-40,51-58,63-64H,11-36,41-50,59-62H2,1-10H3. The molecule has 6 nitrogen and oxygen atoms in total. The van der Waals surface area contributed by atoms with Crippen LogP contribution in [0.5, 0.6) is 0 Å². The molecule has 506 valence electrons. The predicted octanol–water partition coefficient (Wildman–Crippen LogP) is 26.0. The summed E-state index contributed by atoms with van der Waals surface area (Å²) in [6.45, 7) is 23.1. The fraction of sp³-hybridized carbons (Fsp3) is 0.591. The van der Waals surface area contributed by atoms with E-state index >= 15 is 0 Å². The van der Waals surface area contributed by atoms with Crippen LogP contribution in [0.4, 0.5) is 0 Å². The third-order valence-corrected chi connectivity index (χ3v) is 21.5. The van der Waals surface area contributed by atoms with Gasteiger partial charge in [0.25, 0.3) is 0 Å². The molecule has 0 atom stereocenters. The number of rotatable bonds is 44. The molecule has 3 aromatic heterocycles. The first kappa shape index (κ1) is 72.4. The third-order valence-electron chi connectivity index (χ3n) is 21.5. The van der Waals surface area contributed by atoms with Gasteiger partial charge in [0, 0.05) is 22.0 Å². The number of unbranched alkanes of at least 4 members (excludes halogenated alkanes) is 20. The molecule has 0 aliphatic heterocycles. The van der Waals surface area contributed by atoms with E-state index in [-0.39, 0.29) is 10.8 Å². The maximum Gasteiger partial charge on any atom is 0.163 e. The highest BCUT2D eigenvalue weighted by atomic mass is 15.0. The van der Waals surface area contributed by atoms with Gasteiger partial charge in [0.2, 0.25) is 0 Å². The monoisotopic (exact) mass is 1260 g/mol. The average Bonchev–Trinajstić information content (AvgIpc) is 1.54. The summed E-state index contributed by atoms with van der Waals surface area (Å²) in [5, 5.41) is 0. The van der Waals surface area contributed by atoms with E-state index in [1.165, 1.54) is 219 Å². The maximum atomic E-state index is 5.81. The van der Waals surface area contributed by atoms with Gasteiger partial charge in [-0.05, 0) is 126 Å². The number of fused-ring (bicyclic) bond motifs is 6. The lowest BCUT2D eigenvalue weighted by molar-refractivity contribution is 0.398. The van der Waals surface area contributed by atoms with Crippen LogP contribution < -0.4 is 0 Å². The Bertz CT molecular complexity index is 3360. The van der Waals surface area contributed by atoms with E-state index in [4.69, 9.17) is 29.9 Å². The molecule has 94 heavy (non-hydrogen) atoms. The van der Waals surface area contributed by atoms with Gasteiger partial charge in [0.1, 0.15) is 0 Å². The molecular formula is C88H124N6. The SMILES string of the molecule is CCCCCCCCC1(CCCCCCCC)c2ccccc2-c2ccc(-c3nc(CCC)c(-c4nc(CCC)c(-c5nc(CCC)c(-c6ccc7c(c6)C(CCCCCCCC)(CCCCCCCC)c6ccccc6-7)c(CCC)n5)c(CCC)n4)c(CCC)n3)cc21. The number of benzene rings is 4. The summed E-state index contributed by atoms with van der Waals surface area (Å²) in [7, 11) is 0. The topological polar surface area (TPSA) is 77.3 Å². The van der Waals surface area contributed by atoms with Crippen molar-refractivity contribution in [1.82, 2.24) is 29.9 Å². The Labute approximate surface area is 572 Å². The molecular weight excluding hydrogens is 1140 g/mol. The minimum absolute atomic E-state index is 0.00211. The zero-order valence-electron chi connectivity index (χ0n) is 61.1. The Balaban J connectivity index is 1.14. The summed E-state index contributed by atoms with van der Waals surface area (Å²) in [6.07, 6.45) is 47.1. The minimum atomic E-state index is -0.0171. The second-order valence-electron chi connectivity index (χ2n) is 28.8. The number of nitrogens with zero attached hydrogens (tertiary/aromatic N) is 6. The fourth-order valence-corrected chi connectivity index (χ4v) is 16.7. The number of hydrogen-bond acceptors (Lipinski definition) is 6. The van der Waals surface area contributed by atoms with Crippen LogP contribution in [0.3, 0.4) is 0 Å². The Morgan fingerprint density at radius 2 is 0.500 bits per heavy atom. The lowest BCUT2D eigenvalue weighted by atomic mass is 9.70. The van der Waals surface area contributed by atoms with E-state index < -0.39 is 0 Å². The largest absolute Gasteiger partial charge is 0.232 e. The summed E-state index contributed by atoms with van der Waals surface area (Å²) >= 11 is 0. The van der Waals surface area contributed by atoms with Crippen molar-refractivity contribution in [2.45, 2.75) is 337 Å². The van der Waals surface area contributed by atoms with Gasteiger partial charge < -0.3 is 0 Å². The van der Waals surface area contributed by atoms with Crippen molar-refractivity contribution in [1.29, 1.82) is 0 Å². The quantitative estimate of drug-likeness (QED) is 0.0354. The Morgan fingerprint density at radius 1 is 0.234 bits per heavy atom. The molecule has 2 aliphatic rings. The fourth-order valence-electron chi connectivity index (χ4n) is 16.7. The molecule has 0 fully saturated rings. The summed E-state index contributed by atoms with van der Waals surface area (Å²) in [6, 6.07) is 33.8. The van der Waals surface area contributed by atoms with Gasteiger partial charge in [-0.3, -0.25) is 0 Å². The molecule has 0 bridgehead atoms. The van der Waals surface area contributed by atoms with E-state index in [0.29, 0.717) is 0 Å². The minimum Gasteiger partial charge on any atom is -0.232 e. The van der Waals surface area contributed by atoms with Crippen LogP contribution in [0.25, 0.3) is 67.5 Å². The summed E-state index contributed by atoms with van der Waals surface area (Å²) in [4.78, 5) is 34.5. The van der Waals surface area contributed by atoms with Gasteiger partial charge in [0.15, 0.2) is 17.5 Å². The van der Waals surface area contributed by atoms with Crippen molar-refractivity contribution >= 4 is 0 Å². The normalized spacial score (nSPS) is 13.4. The molecule has 3 heterocycles. The first-order valence-corrected chi connectivity index (χ1v) is 39.4. The highest BCUT2D eigenvalue weighted by molar-refractivity contribution is 5.86. The molecule has 0 N–H and O–H groups in total. The maximum absolute atomic E-state index is 5.81. The van der Waals surface area contributed by atoms with Crippen molar-refractivity contribution in [2.24, 2.45) is 0 Å². The number of aryl methyl sites for hydroxylation is 6. The first-order valence-electron chi connectivity index (χ1n) is 39.4. The van der Waals surface area contributed by atoms with Crippen LogP contribution in [0.1, 0.15) is 344 Å². The second kappa shape index (κ2) is 37.0. The molecule has 0 saturated heterocycles. The molecule has 7 aromatic rings. The van der Waals surface area contributed by atoms with Crippen molar-refractivity contribution in [3.8, 4) is 67.5 Å². The van der Waals surface area contributed by atoms with Crippen LogP contribution in [0, 0.1) is 0 Å². The van der Waals surface area contributed by atoms with Crippen molar-refractivity contribution < 1.29 is 0 Å². The van der Waals surface area contributed by atoms with Crippen LogP contribution in [0.15, 0.2) is 84.9 Å². The van der Waals surface area contributed by atoms with E-state index in [1.54, 1.807) is 16.7 Å². The van der Waals surface area contributed by atoms with E-state index in [2.05, 4.69) is 154 Å². The molecule has 2 aliphatic carbocycles. The number of aromatic nitrogens is 6. The van der Waals surface area contributed by atoms with Crippen molar-refractivity contribution in [3.05, 3.63) is 141 Å². The Morgan fingerprint density at radius 3 is 0.830 bits per heavy atom. The molecule has 6 heteroatoms. The van der Waals surface area contributed by atoms with Crippen molar-refractivity contribution in [3.63, 3.8) is 0 Å². The molecule has 4 aromatic carbocycles. The number of hydrogen-bond donors (Lipinski definition) is 0. The zero-order chi connectivity index (χ0) is 66.1. The second-order valence-corrected chi connectivity index (χ2v) is 28.8. The van der Waals surface area contributed by atoms with E-state index in [1.807, 2.05) is 0 Å². The molecule has 0 spiro atoms. The lowest BCUT2D eigenvalue weighted by Gasteiger charge is -2.33. The van der Waals surface area contributed by atoms with Crippen molar-refractivity contribution in [2.75, 3.05) is 0 Å².